The first-order valence-electron chi connectivity index (χ1n) is 0.954. The molecule has 6 radical (unpaired) electrons. The first-order chi connectivity index (χ1) is 2.27. The molecule has 0 spiro atoms. The molecule has 3 heteroatoms. The molecule has 0 saturated heterocycles. The fourth-order valence-electron chi connectivity index (χ4n) is 0. The summed E-state index contributed by atoms with van der Waals surface area (Å²) < 4.78 is 0.505. The summed E-state index contributed by atoms with van der Waals surface area (Å²) in [6, 6.07) is 0. The summed E-state index contributed by atoms with van der Waals surface area (Å²) in [5.41, 5.74) is 0. The third kappa shape index (κ3) is 4.21. The summed E-state index contributed by atoms with van der Waals surface area (Å²) in [6.07, 6.45) is 0. The van der Waals surface area contributed by atoms with Gasteiger partial charge in [-0.1, -0.05) is 0 Å². The Morgan fingerprint density at radius 3 is 2.20 bits per heavy atom. The second kappa shape index (κ2) is 2.45. The van der Waals surface area contributed by atoms with Gasteiger partial charge in [-0.25, -0.2) is 0 Å². The Kier molecular flexibility index (Phi) is 2.55. The summed E-state index contributed by atoms with van der Waals surface area (Å²) >= 11 is 1.63. The van der Waals surface area contributed by atoms with Gasteiger partial charge in [-0.2, -0.15) is 0 Å². The summed E-state index contributed by atoms with van der Waals surface area (Å²) in [5, 5.41) is 0. The maximum atomic E-state index is 9.29. The van der Waals surface area contributed by atoms with Gasteiger partial charge in [0.1, 0.15) is 0 Å². The Labute approximate surface area is 42.1 Å². The average Bonchev–Trinajstić information content (AvgIpc) is 1.38. The van der Waals surface area contributed by atoms with Gasteiger partial charge in [0, 0.05) is 0 Å². The SMILES string of the molecule is O=C=[C]([Si])[Ge]. The fourth-order valence-corrected chi connectivity index (χ4v) is 0. The van der Waals surface area contributed by atoms with E-state index in [1.807, 2.05) is 0 Å². The molecule has 0 bridgehead atoms. The molecule has 0 aliphatic carbocycles. The van der Waals surface area contributed by atoms with Crippen LogP contribution < -0.4 is 0 Å². The summed E-state index contributed by atoms with van der Waals surface area (Å²) in [7, 11) is 2.91. The van der Waals surface area contributed by atoms with Crippen molar-refractivity contribution in [2.45, 2.75) is 0 Å². The van der Waals surface area contributed by atoms with E-state index in [4.69, 9.17) is 0 Å². The van der Waals surface area contributed by atoms with E-state index in [2.05, 4.69) is 10.2 Å². The fraction of sp³-hybridized carbons (Fsp3) is 0. The van der Waals surface area contributed by atoms with Crippen LogP contribution in [0.4, 0.5) is 0 Å². The molecular weight excluding hydrogens is 141 g/mol. The second-order valence-electron chi connectivity index (χ2n) is 0.477. The Bertz CT molecular complexity index is 69.7. The third-order valence-electron chi connectivity index (χ3n) is 0.102. The van der Waals surface area contributed by atoms with Crippen LogP contribution in [-0.4, -0.2) is 32.7 Å². The first kappa shape index (κ1) is 5.21. The molecule has 0 N–H and O–H groups in total. The van der Waals surface area contributed by atoms with E-state index < -0.39 is 0 Å². The van der Waals surface area contributed by atoms with Crippen molar-refractivity contribution in [1.82, 2.24) is 0 Å². The van der Waals surface area contributed by atoms with Crippen molar-refractivity contribution in [1.29, 1.82) is 0 Å². The van der Waals surface area contributed by atoms with Crippen LogP contribution in [0.1, 0.15) is 0 Å². The van der Waals surface area contributed by atoms with Gasteiger partial charge < -0.3 is 0 Å². The standard InChI is InChI=1S/C2GeOSi/c3-2(5)1-4. The Morgan fingerprint density at radius 2 is 2.20 bits per heavy atom. The van der Waals surface area contributed by atoms with Crippen molar-refractivity contribution < 1.29 is 4.79 Å². The molecule has 0 aliphatic rings. The van der Waals surface area contributed by atoms with Crippen LogP contribution in [0.15, 0.2) is 4.03 Å². The Hall–Kier alpha value is 0.210. The molecule has 0 aromatic heterocycles. The van der Waals surface area contributed by atoms with Gasteiger partial charge in [-0.3, -0.25) is 0 Å². The van der Waals surface area contributed by atoms with Crippen LogP contribution in [0.3, 0.4) is 0 Å². The zero-order chi connectivity index (χ0) is 4.28. The van der Waals surface area contributed by atoms with Crippen LogP contribution in [0, 0.1) is 0 Å². The summed E-state index contributed by atoms with van der Waals surface area (Å²) in [5.74, 6) is 1.61. The molecule has 0 saturated carbocycles. The normalized spacial score (nSPS) is 6.00. The van der Waals surface area contributed by atoms with E-state index in [0.29, 0.717) is 4.03 Å². The van der Waals surface area contributed by atoms with Gasteiger partial charge in [0.2, 0.25) is 0 Å². The minimum absolute atomic E-state index is 0.505. The quantitative estimate of drug-likeness (QED) is 0.312. The molecule has 0 rings (SSSR count). The van der Waals surface area contributed by atoms with Crippen molar-refractivity contribution in [2.75, 3.05) is 0 Å². The molecule has 1 nitrogen and oxygen atoms in total. The molecule has 0 unspecified atom stereocenters. The van der Waals surface area contributed by atoms with E-state index in [1.54, 1.807) is 22.5 Å². The molecule has 0 heterocycles. The van der Waals surface area contributed by atoms with Crippen molar-refractivity contribution in [3.05, 3.63) is 4.03 Å². The number of hydrogen-bond acceptors (Lipinski definition) is 1. The molecule has 0 amide bonds. The molecule has 5 heavy (non-hydrogen) atoms. The second-order valence-corrected chi connectivity index (χ2v) is 3.08. The predicted molar refractivity (Wildman–Crippen MR) is 20.7 cm³/mol. The van der Waals surface area contributed by atoms with Gasteiger partial charge >= 0.3 is 41.5 Å². The van der Waals surface area contributed by atoms with Gasteiger partial charge in [-0.15, -0.1) is 0 Å². The molecule has 0 aromatic carbocycles. The molecule has 0 aliphatic heterocycles. The maximum absolute atomic E-state index is 9.29. The third-order valence-corrected chi connectivity index (χ3v) is 0.418. The summed E-state index contributed by atoms with van der Waals surface area (Å²) in [4.78, 5) is 9.29. The Morgan fingerprint density at radius 1 is 2.00 bits per heavy atom. The van der Waals surface area contributed by atoms with Crippen LogP contribution >= 0.6 is 0 Å². The Balaban J connectivity index is 3.60. The van der Waals surface area contributed by atoms with Gasteiger partial charge in [0.05, 0.1) is 0 Å². The molecule has 0 aromatic rings. The van der Waals surface area contributed by atoms with Crippen LogP contribution in [0.5, 0.6) is 0 Å². The van der Waals surface area contributed by atoms with Crippen LogP contribution in [0.2, 0.25) is 0 Å². The zero-order valence-electron chi connectivity index (χ0n) is 2.41. The topological polar surface area (TPSA) is 17.1 Å². The van der Waals surface area contributed by atoms with Gasteiger partial charge in [0.15, 0.2) is 0 Å². The first-order valence-corrected chi connectivity index (χ1v) is 2.50. The van der Waals surface area contributed by atoms with E-state index in [0.717, 1.165) is 0 Å². The van der Waals surface area contributed by atoms with E-state index in [-0.39, 0.29) is 0 Å². The molecule has 0 atom stereocenters. The molecular formula is C2GeOSi. The number of carbonyl (C=O) groups excluding carboxylic acids is 1. The number of rotatable bonds is 0. The predicted octanol–water partition coefficient (Wildman–Crippen LogP) is -1.00. The van der Waals surface area contributed by atoms with Crippen molar-refractivity contribution in [3.63, 3.8) is 0 Å². The van der Waals surface area contributed by atoms with Crippen LogP contribution in [0.25, 0.3) is 0 Å². The van der Waals surface area contributed by atoms with Gasteiger partial charge in [-0.05, 0) is 0 Å². The van der Waals surface area contributed by atoms with E-state index in [1.165, 1.54) is 0 Å². The van der Waals surface area contributed by atoms with E-state index in [9.17, 15) is 4.79 Å². The molecule has 22 valence electrons. The average molecular weight is 141 g/mol. The van der Waals surface area contributed by atoms with Crippen molar-refractivity contribution in [2.24, 2.45) is 0 Å². The number of hydrogen-bond donors (Lipinski definition) is 0. The minimum atomic E-state index is 0.505. The van der Waals surface area contributed by atoms with Crippen LogP contribution in [-0.2, 0) is 4.79 Å². The van der Waals surface area contributed by atoms with E-state index >= 15 is 0 Å². The molecule has 0 fully saturated rings. The summed E-state index contributed by atoms with van der Waals surface area (Å²) in [6.45, 7) is 0. The monoisotopic (exact) mass is 142 g/mol. The van der Waals surface area contributed by atoms with Crippen molar-refractivity contribution in [3.8, 4) is 0 Å². The van der Waals surface area contributed by atoms with Crippen molar-refractivity contribution >= 4 is 32.7 Å². The van der Waals surface area contributed by atoms with Gasteiger partial charge in [0.25, 0.3) is 0 Å². The zero-order valence-corrected chi connectivity index (χ0v) is 5.51.